The number of ether oxygens (including phenoxy) is 2. The van der Waals surface area contributed by atoms with Crippen molar-refractivity contribution in [2.45, 2.75) is 25.6 Å². The molecule has 19 heavy (non-hydrogen) atoms. The number of benzene rings is 1. The van der Waals surface area contributed by atoms with Crippen LogP contribution in [0.3, 0.4) is 0 Å². The van der Waals surface area contributed by atoms with Gasteiger partial charge in [0, 0.05) is 6.42 Å². The zero-order valence-corrected chi connectivity index (χ0v) is 10.9. The second-order valence-electron chi connectivity index (χ2n) is 4.15. The van der Waals surface area contributed by atoms with Gasteiger partial charge in [0.25, 0.3) is 0 Å². The summed E-state index contributed by atoms with van der Waals surface area (Å²) in [6.45, 7) is 0.435. The first-order valence-electron chi connectivity index (χ1n) is 6.00. The fourth-order valence-corrected chi connectivity index (χ4v) is 1.51. The molecule has 0 fully saturated rings. The standard InChI is InChI=1S/C14H18O5/c1-18-14(17)8-12(15)7-13(16)10-19-9-11-5-3-2-4-6-11/h2-6,13,16H,7-10H2,1H3/t13-/m1/s1. The number of carbonyl (C=O) groups is 2. The third-order valence-electron chi connectivity index (χ3n) is 2.45. The highest BCUT2D eigenvalue weighted by Crippen LogP contribution is 2.03. The number of aliphatic hydroxyl groups excluding tert-OH is 1. The molecule has 0 spiro atoms. The number of carbonyl (C=O) groups excluding carboxylic acids is 2. The number of ketones is 1. The van der Waals surface area contributed by atoms with Crippen LogP contribution in [0.2, 0.25) is 0 Å². The summed E-state index contributed by atoms with van der Waals surface area (Å²) in [6, 6.07) is 9.53. The van der Waals surface area contributed by atoms with Gasteiger partial charge < -0.3 is 14.6 Å². The van der Waals surface area contributed by atoms with Crippen molar-refractivity contribution in [1.29, 1.82) is 0 Å². The average molecular weight is 266 g/mol. The van der Waals surface area contributed by atoms with Gasteiger partial charge in [-0.2, -0.15) is 0 Å². The lowest BCUT2D eigenvalue weighted by atomic mass is 10.1. The number of rotatable bonds is 8. The van der Waals surface area contributed by atoms with Crippen LogP contribution in [-0.2, 0) is 25.7 Å². The predicted molar refractivity (Wildman–Crippen MR) is 68.4 cm³/mol. The van der Waals surface area contributed by atoms with E-state index in [0.717, 1.165) is 5.56 Å². The van der Waals surface area contributed by atoms with Crippen molar-refractivity contribution in [3.63, 3.8) is 0 Å². The Morgan fingerprint density at radius 3 is 2.58 bits per heavy atom. The Labute approximate surface area is 112 Å². The molecule has 1 rings (SSSR count). The summed E-state index contributed by atoms with van der Waals surface area (Å²) < 4.78 is 9.66. The van der Waals surface area contributed by atoms with Crippen molar-refractivity contribution >= 4 is 11.8 Å². The lowest BCUT2D eigenvalue weighted by Gasteiger charge is -2.10. The summed E-state index contributed by atoms with van der Waals surface area (Å²) in [7, 11) is 1.22. The highest BCUT2D eigenvalue weighted by molar-refractivity contribution is 5.95. The van der Waals surface area contributed by atoms with Gasteiger partial charge in [-0.25, -0.2) is 0 Å². The maximum atomic E-state index is 11.3. The number of hydrogen-bond acceptors (Lipinski definition) is 5. The number of methoxy groups -OCH3 is 1. The molecule has 0 saturated heterocycles. The van der Waals surface area contributed by atoms with Gasteiger partial charge in [0.1, 0.15) is 12.2 Å². The van der Waals surface area contributed by atoms with E-state index in [1.807, 2.05) is 30.3 Å². The van der Waals surface area contributed by atoms with E-state index < -0.39 is 12.1 Å². The maximum Gasteiger partial charge on any atom is 0.313 e. The highest BCUT2D eigenvalue weighted by Gasteiger charge is 2.14. The molecule has 0 aliphatic heterocycles. The molecule has 5 heteroatoms. The number of Topliss-reactive ketones (excluding diaryl/α,β-unsaturated/α-hetero) is 1. The molecule has 0 aliphatic rings. The molecule has 1 aromatic rings. The van der Waals surface area contributed by atoms with Crippen LogP contribution in [0.25, 0.3) is 0 Å². The highest BCUT2D eigenvalue weighted by atomic mass is 16.5. The molecule has 0 unspecified atom stereocenters. The molecule has 0 amide bonds. The molecule has 0 aromatic heterocycles. The minimum Gasteiger partial charge on any atom is -0.469 e. The van der Waals surface area contributed by atoms with Crippen molar-refractivity contribution in [3.05, 3.63) is 35.9 Å². The quantitative estimate of drug-likeness (QED) is 0.563. The van der Waals surface area contributed by atoms with Crippen LogP contribution >= 0.6 is 0 Å². The smallest absolute Gasteiger partial charge is 0.313 e. The third kappa shape index (κ3) is 6.69. The van der Waals surface area contributed by atoms with Crippen LogP contribution in [0.1, 0.15) is 18.4 Å². The fraction of sp³-hybridized carbons (Fsp3) is 0.429. The molecule has 0 saturated carbocycles. The topological polar surface area (TPSA) is 72.8 Å². The second-order valence-corrected chi connectivity index (χ2v) is 4.15. The van der Waals surface area contributed by atoms with Crippen molar-refractivity contribution in [3.8, 4) is 0 Å². The van der Waals surface area contributed by atoms with Gasteiger partial charge in [0.2, 0.25) is 0 Å². The molecule has 0 aliphatic carbocycles. The third-order valence-corrected chi connectivity index (χ3v) is 2.45. The first kappa shape index (κ1) is 15.3. The Balaban J connectivity index is 2.19. The molecular weight excluding hydrogens is 248 g/mol. The van der Waals surface area contributed by atoms with Crippen LogP contribution in [0.15, 0.2) is 30.3 Å². The van der Waals surface area contributed by atoms with Crippen LogP contribution in [-0.4, -0.2) is 36.7 Å². The Morgan fingerprint density at radius 2 is 1.95 bits per heavy atom. The molecule has 0 radical (unpaired) electrons. The van der Waals surface area contributed by atoms with Gasteiger partial charge in [0.05, 0.1) is 26.4 Å². The van der Waals surface area contributed by atoms with E-state index in [2.05, 4.69) is 4.74 Å². The van der Waals surface area contributed by atoms with Crippen LogP contribution in [0, 0.1) is 0 Å². The van der Waals surface area contributed by atoms with Gasteiger partial charge in [-0.15, -0.1) is 0 Å². The van der Waals surface area contributed by atoms with Crippen molar-refractivity contribution in [2.75, 3.05) is 13.7 Å². The van der Waals surface area contributed by atoms with Crippen molar-refractivity contribution < 1.29 is 24.2 Å². The molecule has 1 atom stereocenters. The summed E-state index contributed by atoms with van der Waals surface area (Å²) >= 11 is 0. The zero-order chi connectivity index (χ0) is 14.1. The Bertz CT molecular complexity index is 402. The predicted octanol–water partition coefficient (Wildman–Crippen LogP) is 1.09. The van der Waals surface area contributed by atoms with E-state index in [0.29, 0.717) is 6.61 Å². The summed E-state index contributed by atoms with van der Waals surface area (Å²) in [6.07, 6.45) is -1.32. The molecule has 0 heterocycles. The fourth-order valence-electron chi connectivity index (χ4n) is 1.51. The first-order chi connectivity index (χ1) is 9.11. The minimum atomic E-state index is -0.902. The molecular formula is C14H18O5. The van der Waals surface area contributed by atoms with Crippen molar-refractivity contribution in [1.82, 2.24) is 0 Å². The molecule has 1 N–H and O–H groups in total. The SMILES string of the molecule is COC(=O)CC(=O)C[C@@H](O)COCc1ccccc1. The summed E-state index contributed by atoms with van der Waals surface area (Å²) in [5, 5.41) is 9.59. The Kier molecular flexibility index (Phi) is 6.78. The zero-order valence-electron chi connectivity index (χ0n) is 10.9. The Hall–Kier alpha value is -1.72. The van der Waals surface area contributed by atoms with Gasteiger partial charge in [0.15, 0.2) is 0 Å². The van der Waals surface area contributed by atoms with Crippen LogP contribution in [0.5, 0.6) is 0 Å². The molecule has 0 bridgehead atoms. The minimum absolute atomic E-state index is 0.0573. The van der Waals surface area contributed by atoms with E-state index in [-0.39, 0.29) is 25.2 Å². The average Bonchev–Trinajstić information content (AvgIpc) is 2.39. The molecule has 104 valence electrons. The second kappa shape index (κ2) is 8.39. The summed E-state index contributed by atoms with van der Waals surface area (Å²) in [5.41, 5.74) is 0.996. The molecule has 5 nitrogen and oxygen atoms in total. The first-order valence-corrected chi connectivity index (χ1v) is 6.00. The lowest BCUT2D eigenvalue weighted by Crippen LogP contribution is -2.21. The van der Waals surface area contributed by atoms with E-state index >= 15 is 0 Å². The number of hydrogen-bond donors (Lipinski definition) is 1. The van der Waals surface area contributed by atoms with Gasteiger partial charge >= 0.3 is 5.97 Å². The summed E-state index contributed by atoms with van der Waals surface area (Å²) in [4.78, 5) is 22.2. The monoisotopic (exact) mass is 266 g/mol. The molecule has 1 aromatic carbocycles. The van der Waals surface area contributed by atoms with E-state index in [1.165, 1.54) is 7.11 Å². The number of aliphatic hydroxyl groups is 1. The van der Waals surface area contributed by atoms with Gasteiger partial charge in [-0.3, -0.25) is 9.59 Å². The summed E-state index contributed by atoms with van der Waals surface area (Å²) in [5.74, 6) is -0.954. The lowest BCUT2D eigenvalue weighted by molar-refractivity contribution is -0.143. The van der Waals surface area contributed by atoms with Gasteiger partial charge in [-0.1, -0.05) is 30.3 Å². The van der Waals surface area contributed by atoms with Crippen LogP contribution in [0.4, 0.5) is 0 Å². The Morgan fingerprint density at radius 1 is 1.26 bits per heavy atom. The maximum absolute atomic E-state index is 11.3. The normalized spacial score (nSPS) is 11.9. The van der Waals surface area contributed by atoms with Crippen LogP contribution < -0.4 is 0 Å². The number of esters is 1. The van der Waals surface area contributed by atoms with Gasteiger partial charge in [-0.05, 0) is 5.56 Å². The van der Waals surface area contributed by atoms with E-state index in [9.17, 15) is 14.7 Å². The van der Waals surface area contributed by atoms with E-state index in [1.54, 1.807) is 0 Å². The van der Waals surface area contributed by atoms with E-state index in [4.69, 9.17) is 4.74 Å². The largest absolute Gasteiger partial charge is 0.469 e. The van der Waals surface area contributed by atoms with Crippen molar-refractivity contribution in [2.24, 2.45) is 0 Å².